The van der Waals surface area contributed by atoms with Crippen molar-refractivity contribution >= 4 is 37.4 Å². The van der Waals surface area contributed by atoms with Gasteiger partial charge >= 0.3 is 10.1 Å². The van der Waals surface area contributed by atoms with Crippen LogP contribution in [0.1, 0.15) is 6.92 Å². The van der Waals surface area contributed by atoms with E-state index in [1.165, 1.54) is 45.3 Å². The van der Waals surface area contributed by atoms with Gasteiger partial charge in [-0.1, -0.05) is 12.1 Å². The molecule has 11 nitrogen and oxygen atoms in total. The van der Waals surface area contributed by atoms with Crippen molar-refractivity contribution in [2.45, 2.75) is 16.7 Å². The van der Waals surface area contributed by atoms with E-state index in [0.717, 1.165) is 16.4 Å². The summed E-state index contributed by atoms with van der Waals surface area (Å²) in [5.74, 6) is -0.746. The Balaban J connectivity index is 2.56. The van der Waals surface area contributed by atoms with Gasteiger partial charge in [-0.25, -0.2) is 12.7 Å². The number of nitrogens with zero attached hydrogens (tertiary/aromatic N) is 2. The van der Waals surface area contributed by atoms with E-state index in [1.54, 1.807) is 0 Å². The Morgan fingerprint density at radius 1 is 1.10 bits per heavy atom. The molecule has 2 aromatic carbocycles. The van der Waals surface area contributed by atoms with E-state index in [9.17, 15) is 31.7 Å². The smallest absolute Gasteiger partial charge is 0.346 e. The molecule has 0 saturated carbocycles. The summed E-state index contributed by atoms with van der Waals surface area (Å²) in [6.45, 7) is 1.21. The van der Waals surface area contributed by atoms with Crippen LogP contribution in [0.5, 0.6) is 5.75 Å². The van der Waals surface area contributed by atoms with Gasteiger partial charge in [0.05, 0.1) is 15.5 Å². The summed E-state index contributed by atoms with van der Waals surface area (Å²) >= 11 is 0. The van der Waals surface area contributed by atoms with E-state index in [4.69, 9.17) is 4.18 Å². The number of carbonyl (C=O) groups is 1. The second-order valence-electron chi connectivity index (χ2n) is 5.89. The number of benzene rings is 2. The van der Waals surface area contributed by atoms with Crippen molar-refractivity contribution in [2.24, 2.45) is 0 Å². The van der Waals surface area contributed by atoms with Gasteiger partial charge in [-0.2, -0.15) is 8.42 Å². The lowest BCUT2D eigenvalue weighted by Crippen LogP contribution is -2.22. The zero-order valence-electron chi connectivity index (χ0n) is 15.5. The number of nitro groups is 1. The Bertz CT molecular complexity index is 1170. The highest BCUT2D eigenvalue weighted by Gasteiger charge is 2.31. The zero-order chi connectivity index (χ0) is 22.0. The number of sulfonamides is 1. The van der Waals surface area contributed by atoms with Crippen molar-refractivity contribution in [1.82, 2.24) is 4.31 Å². The Hall–Kier alpha value is -3.03. The average Bonchev–Trinajstić information content (AvgIpc) is 2.62. The van der Waals surface area contributed by atoms with Crippen LogP contribution >= 0.6 is 0 Å². The monoisotopic (exact) mass is 443 g/mol. The van der Waals surface area contributed by atoms with E-state index in [1.807, 2.05) is 0 Å². The summed E-state index contributed by atoms with van der Waals surface area (Å²) in [6, 6.07) is 7.95. The van der Waals surface area contributed by atoms with E-state index < -0.39 is 46.5 Å². The van der Waals surface area contributed by atoms with Gasteiger partial charge < -0.3 is 9.50 Å². The molecule has 156 valence electrons. The van der Waals surface area contributed by atoms with Gasteiger partial charge in [0.15, 0.2) is 10.6 Å². The maximum absolute atomic E-state index is 12.7. The lowest BCUT2D eigenvalue weighted by Gasteiger charge is -2.13. The van der Waals surface area contributed by atoms with Crippen LogP contribution in [0.4, 0.5) is 11.4 Å². The summed E-state index contributed by atoms with van der Waals surface area (Å²) in [5.41, 5.74) is -0.928. The Morgan fingerprint density at radius 2 is 1.72 bits per heavy atom. The van der Waals surface area contributed by atoms with E-state index in [-0.39, 0.29) is 11.4 Å². The molecule has 2 rings (SSSR count). The van der Waals surface area contributed by atoms with Crippen LogP contribution in [0.25, 0.3) is 0 Å². The van der Waals surface area contributed by atoms with Crippen LogP contribution in [0, 0.1) is 10.1 Å². The van der Waals surface area contributed by atoms with Gasteiger partial charge in [-0.3, -0.25) is 14.9 Å². The lowest BCUT2D eigenvalue weighted by molar-refractivity contribution is -0.388. The Kier molecular flexibility index (Phi) is 6.25. The molecule has 0 radical (unpaired) electrons. The maximum Gasteiger partial charge on any atom is 0.346 e. The molecule has 0 fully saturated rings. The minimum absolute atomic E-state index is 0.0398. The minimum Gasteiger partial charge on any atom is -0.377 e. The Labute approximate surface area is 167 Å². The lowest BCUT2D eigenvalue weighted by atomic mass is 10.3. The molecule has 0 heterocycles. The van der Waals surface area contributed by atoms with Crippen molar-refractivity contribution in [3.8, 4) is 5.75 Å². The SMILES string of the molecule is CC(=O)Nc1ccccc1OS(=O)(=O)c1ccc(S(=O)(=O)N(C)C)cc1[N+](=O)[O-]. The fourth-order valence-electron chi connectivity index (χ4n) is 2.22. The number of anilines is 1. The molecular weight excluding hydrogens is 426 g/mol. The number of rotatable bonds is 7. The fraction of sp³-hybridized carbons (Fsp3) is 0.188. The number of hydrogen-bond acceptors (Lipinski definition) is 8. The summed E-state index contributed by atoms with van der Waals surface area (Å²) in [5, 5.41) is 13.8. The van der Waals surface area contributed by atoms with Crippen LogP contribution in [0.2, 0.25) is 0 Å². The van der Waals surface area contributed by atoms with E-state index in [0.29, 0.717) is 6.07 Å². The minimum atomic E-state index is -4.73. The first-order chi connectivity index (χ1) is 13.4. The number of amides is 1. The van der Waals surface area contributed by atoms with Crippen molar-refractivity contribution in [3.05, 3.63) is 52.6 Å². The summed E-state index contributed by atoms with van der Waals surface area (Å²) in [4.78, 5) is 20.4. The first-order valence-corrected chi connectivity index (χ1v) is 10.7. The molecule has 0 aliphatic heterocycles. The number of nitrogens with one attached hydrogen (secondary N) is 1. The van der Waals surface area contributed by atoms with Crippen LogP contribution in [0.3, 0.4) is 0 Å². The number of nitro benzene ring substituents is 1. The fourth-order valence-corrected chi connectivity index (χ4v) is 4.24. The van der Waals surface area contributed by atoms with Crippen LogP contribution < -0.4 is 9.50 Å². The molecular formula is C16H17N3O8S2. The molecule has 0 bridgehead atoms. The first-order valence-electron chi connectivity index (χ1n) is 7.88. The molecule has 0 aromatic heterocycles. The molecule has 0 saturated heterocycles. The van der Waals surface area contributed by atoms with Crippen molar-refractivity contribution in [1.29, 1.82) is 0 Å². The second-order valence-corrected chi connectivity index (χ2v) is 9.56. The zero-order valence-corrected chi connectivity index (χ0v) is 17.2. The Morgan fingerprint density at radius 3 is 2.28 bits per heavy atom. The molecule has 2 aromatic rings. The van der Waals surface area contributed by atoms with Gasteiger partial charge in [0.1, 0.15) is 0 Å². The number of para-hydroxylation sites is 2. The van der Waals surface area contributed by atoms with E-state index in [2.05, 4.69) is 5.32 Å². The number of carbonyl (C=O) groups excluding carboxylic acids is 1. The largest absolute Gasteiger partial charge is 0.377 e. The third-order valence-corrected chi connectivity index (χ3v) is 6.67. The molecule has 0 spiro atoms. The standard InChI is InChI=1S/C16H17N3O8S2/c1-11(20)17-13-6-4-5-7-15(13)27-29(25,26)16-9-8-12(10-14(16)19(21)22)28(23,24)18(2)3/h4-10H,1-3H3,(H,17,20). The molecule has 1 N–H and O–H groups in total. The molecule has 0 aliphatic rings. The molecule has 29 heavy (non-hydrogen) atoms. The van der Waals surface area contributed by atoms with Crippen molar-refractivity contribution in [3.63, 3.8) is 0 Å². The number of hydrogen-bond donors (Lipinski definition) is 1. The van der Waals surface area contributed by atoms with Crippen molar-refractivity contribution < 1.29 is 30.7 Å². The van der Waals surface area contributed by atoms with Gasteiger partial charge in [0.25, 0.3) is 5.69 Å². The van der Waals surface area contributed by atoms with Gasteiger partial charge in [0, 0.05) is 27.1 Å². The second kappa shape index (κ2) is 8.14. The predicted molar refractivity (Wildman–Crippen MR) is 103 cm³/mol. The third-order valence-electron chi connectivity index (χ3n) is 3.57. The molecule has 1 amide bonds. The van der Waals surface area contributed by atoms with Gasteiger partial charge in [-0.15, -0.1) is 0 Å². The summed E-state index contributed by atoms with van der Waals surface area (Å²) in [7, 11) is -6.30. The highest BCUT2D eigenvalue weighted by molar-refractivity contribution is 7.89. The molecule has 0 unspecified atom stereocenters. The van der Waals surface area contributed by atoms with Gasteiger partial charge in [-0.05, 0) is 24.3 Å². The summed E-state index contributed by atoms with van der Waals surface area (Å²) < 4.78 is 55.5. The van der Waals surface area contributed by atoms with Crippen LogP contribution in [-0.2, 0) is 24.9 Å². The predicted octanol–water partition coefficient (Wildman–Crippen LogP) is 1.57. The van der Waals surface area contributed by atoms with Gasteiger partial charge in [0.2, 0.25) is 15.9 Å². The first kappa shape index (κ1) is 22.3. The quantitative estimate of drug-likeness (QED) is 0.384. The van der Waals surface area contributed by atoms with Crippen LogP contribution in [0.15, 0.2) is 52.3 Å². The van der Waals surface area contributed by atoms with E-state index >= 15 is 0 Å². The highest BCUT2D eigenvalue weighted by Crippen LogP contribution is 2.32. The normalized spacial score (nSPS) is 11.9. The third kappa shape index (κ3) is 4.88. The van der Waals surface area contributed by atoms with Crippen LogP contribution in [-0.4, -0.2) is 46.1 Å². The highest BCUT2D eigenvalue weighted by atomic mass is 32.2. The maximum atomic E-state index is 12.7. The summed E-state index contributed by atoms with van der Waals surface area (Å²) in [6.07, 6.45) is 0. The topological polar surface area (TPSA) is 153 Å². The average molecular weight is 443 g/mol. The van der Waals surface area contributed by atoms with Crippen molar-refractivity contribution in [2.75, 3.05) is 19.4 Å². The molecule has 0 aliphatic carbocycles. The molecule has 0 atom stereocenters. The molecule has 13 heteroatoms.